The number of carbonyl (C=O) groups is 2. The van der Waals surface area contributed by atoms with Gasteiger partial charge < -0.3 is 15.2 Å². The van der Waals surface area contributed by atoms with Crippen molar-refractivity contribution in [3.63, 3.8) is 0 Å². The molecule has 0 spiro atoms. The number of nitrogens with one attached hydrogen (secondary N) is 1. The molecule has 0 fully saturated rings. The number of hydrogen-bond acceptors (Lipinski definition) is 7. The molecule has 0 saturated carbocycles. The molecule has 0 aliphatic carbocycles. The number of carboxylic acids is 1. The second kappa shape index (κ2) is 13.3. The van der Waals surface area contributed by atoms with E-state index in [1.165, 1.54) is 11.8 Å². The molecule has 4 aromatic carbocycles. The lowest BCUT2D eigenvalue weighted by atomic mass is 9.99. The van der Waals surface area contributed by atoms with E-state index in [1.54, 1.807) is 55.6 Å². The van der Waals surface area contributed by atoms with Gasteiger partial charge in [0, 0.05) is 27.8 Å². The number of carboxylic acid groups (broad SMARTS) is 1. The van der Waals surface area contributed by atoms with Crippen LogP contribution in [0.1, 0.15) is 15.9 Å². The topological polar surface area (TPSA) is 125 Å². The molecule has 46 heavy (non-hydrogen) atoms. The van der Waals surface area contributed by atoms with Crippen LogP contribution in [0.2, 0.25) is 0 Å². The fourth-order valence-electron chi connectivity index (χ4n) is 5.04. The summed E-state index contributed by atoms with van der Waals surface area (Å²) in [6, 6.07) is 37.0. The minimum Gasteiger partial charge on any atom is -0.497 e. The summed E-state index contributed by atoms with van der Waals surface area (Å²) in [6.45, 7) is 0. The van der Waals surface area contributed by atoms with Crippen LogP contribution in [0.25, 0.3) is 44.5 Å². The molecule has 0 radical (unpaired) electrons. The van der Waals surface area contributed by atoms with Gasteiger partial charge in [-0.25, -0.2) is 14.8 Å². The van der Waals surface area contributed by atoms with Gasteiger partial charge in [-0.3, -0.25) is 4.79 Å². The van der Waals surface area contributed by atoms with Gasteiger partial charge in [0.2, 0.25) is 5.91 Å². The van der Waals surface area contributed by atoms with Crippen LogP contribution >= 0.6 is 11.8 Å². The number of para-hydroxylation sites is 1. The van der Waals surface area contributed by atoms with E-state index >= 15 is 0 Å². The number of hydrogen-bond donors (Lipinski definition) is 2. The first-order valence-corrected chi connectivity index (χ1v) is 15.2. The molecule has 0 unspecified atom stereocenters. The molecule has 6 rings (SSSR count). The summed E-state index contributed by atoms with van der Waals surface area (Å²) in [5.74, 6) is -0.563. The summed E-state index contributed by atoms with van der Waals surface area (Å²) in [7, 11) is 1.60. The Labute approximate surface area is 269 Å². The van der Waals surface area contributed by atoms with Gasteiger partial charge in [-0.2, -0.15) is 5.26 Å². The molecule has 0 aliphatic rings. The SMILES string of the molecule is COc1ccc(-c2cc(-c3ccccc3)nc(SCC(=O)Nc3ccc(-c4cc(C(=O)O)c5ccccc5n4)cc3)c2C#N)cc1. The third-order valence-corrected chi connectivity index (χ3v) is 8.30. The highest BCUT2D eigenvalue weighted by molar-refractivity contribution is 8.00. The fourth-order valence-corrected chi connectivity index (χ4v) is 5.85. The van der Waals surface area contributed by atoms with Crippen molar-refractivity contribution in [2.24, 2.45) is 0 Å². The summed E-state index contributed by atoms with van der Waals surface area (Å²) >= 11 is 1.19. The molecule has 6 aromatic rings. The maximum Gasteiger partial charge on any atom is 0.336 e. The number of nitrogens with zero attached hydrogens (tertiary/aromatic N) is 3. The second-order valence-corrected chi connectivity index (χ2v) is 11.2. The number of fused-ring (bicyclic) bond motifs is 1. The van der Waals surface area contributed by atoms with Gasteiger partial charge in [0.05, 0.1) is 40.9 Å². The third-order valence-electron chi connectivity index (χ3n) is 7.32. The van der Waals surface area contributed by atoms with E-state index in [-0.39, 0.29) is 17.2 Å². The molecule has 224 valence electrons. The smallest absolute Gasteiger partial charge is 0.336 e. The number of ether oxygens (including phenoxy) is 1. The standard InChI is InChI=1S/C37H26N4O4S/c1-45-27-17-13-23(14-18-27)29-19-34(24-7-3-2-4-8-24)41-36(31(29)21-38)46-22-35(42)39-26-15-11-25(12-16-26)33-20-30(37(43)44)28-9-5-6-10-32(28)40-33/h2-20H,22H2,1H3,(H,39,42)(H,43,44). The zero-order valence-corrected chi connectivity index (χ0v) is 25.4. The van der Waals surface area contributed by atoms with E-state index in [0.717, 1.165) is 11.1 Å². The number of thioether (sulfide) groups is 1. The number of benzene rings is 4. The average molecular weight is 623 g/mol. The third kappa shape index (κ3) is 6.43. The highest BCUT2D eigenvalue weighted by Crippen LogP contribution is 2.35. The Morgan fingerprint density at radius 3 is 2.17 bits per heavy atom. The van der Waals surface area contributed by atoms with Gasteiger partial charge in [-0.05, 0) is 48.0 Å². The Kier molecular flexibility index (Phi) is 8.72. The van der Waals surface area contributed by atoms with Crippen LogP contribution in [-0.4, -0.2) is 39.8 Å². The number of methoxy groups -OCH3 is 1. The Morgan fingerprint density at radius 2 is 1.48 bits per heavy atom. The van der Waals surface area contributed by atoms with Crippen molar-refractivity contribution in [1.82, 2.24) is 9.97 Å². The Balaban J connectivity index is 1.22. The lowest BCUT2D eigenvalue weighted by molar-refractivity contribution is -0.113. The zero-order valence-electron chi connectivity index (χ0n) is 24.6. The first-order chi connectivity index (χ1) is 22.4. The number of aromatic nitrogens is 2. The molecular weight excluding hydrogens is 596 g/mol. The highest BCUT2D eigenvalue weighted by Gasteiger charge is 2.18. The zero-order chi connectivity index (χ0) is 32.0. The minimum atomic E-state index is -1.03. The molecule has 2 aromatic heterocycles. The van der Waals surface area contributed by atoms with Crippen molar-refractivity contribution < 1.29 is 19.4 Å². The summed E-state index contributed by atoms with van der Waals surface area (Å²) in [5.41, 5.74) is 6.08. The number of anilines is 1. The van der Waals surface area contributed by atoms with E-state index in [4.69, 9.17) is 9.72 Å². The lowest BCUT2D eigenvalue weighted by Crippen LogP contribution is -2.14. The van der Waals surface area contributed by atoms with Crippen LogP contribution < -0.4 is 10.1 Å². The van der Waals surface area contributed by atoms with Crippen molar-refractivity contribution in [3.8, 4) is 45.5 Å². The quantitative estimate of drug-likeness (QED) is 0.156. The Morgan fingerprint density at radius 1 is 0.826 bits per heavy atom. The van der Waals surface area contributed by atoms with E-state index in [1.807, 2.05) is 66.7 Å². The second-order valence-electron chi connectivity index (χ2n) is 10.2. The first kappa shape index (κ1) is 30.1. The highest BCUT2D eigenvalue weighted by atomic mass is 32.2. The van der Waals surface area contributed by atoms with Crippen LogP contribution in [0.5, 0.6) is 5.75 Å². The molecule has 1 amide bonds. The maximum atomic E-state index is 13.1. The molecule has 2 heterocycles. The number of rotatable bonds is 9. The molecular formula is C37H26N4O4S. The molecule has 0 saturated heterocycles. The summed E-state index contributed by atoms with van der Waals surface area (Å²) < 4.78 is 5.30. The van der Waals surface area contributed by atoms with Crippen molar-refractivity contribution in [1.29, 1.82) is 5.26 Å². The van der Waals surface area contributed by atoms with Crippen molar-refractivity contribution in [2.45, 2.75) is 5.03 Å². The molecule has 9 heteroatoms. The molecule has 2 N–H and O–H groups in total. The van der Waals surface area contributed by atoms with Gasteiger partial charge in [0.25, 0.3) is 0 Å². The molecule has 0 atom stereocenters. The summed E-state index contributed by atoms with van der Waals surface area (Å²) in [4.78, 5) is 34.3. The van der Waals surface area contributed by atoms with Gasteiger partial charge in [-0.15, -0.1) is 0 Å². The largest absolute Gasteiger partial charge is 0.497 e. The van der Waals surface area contributed by atoms with Gasteiger partial charge in [0.15, 0.2) is 0 Å². The first-order valence-electron chi connectivity index (χ1n) is 14.2. The van der Waals surface area contributed by atoms with E-state index in [9.17, 15) is 20.0 Å². The molecule has 0 aliphatic heterocycles. The van der Waals surface area contributed by atoms with Crippen LogP contribution in [-0.2, 0) is 4.79 Å². The predicted molar refractivity (Wildman–Crippen MR) is 180 cm³/mol. The Hall–Kier alpha value is -5.98. The summed E-state index contributed by atoms with van der Waals surface area (Å²) in [6.07, 6.45) is 0. The predicted octanol–water partition coefficient (Wildman–Crippen LogP) is 7.94. The van der Waals surface area contributed by atoms with Crippen LogP contribution in [0.4, 0.5) is 5.69 Å². The summed E-state index contributed by atoms with van der Waals surface area (Å²) in [5, 5.41) is 23.8. The van der Waals surface area contributed by atoms with Crippen molar-refractivity contribution >= 4 is 40.2 Å². The van der Waals surface area contributed by atoms with E-state index in [0.29, 0.717) is 55.4 Å². The average Bonchev–Trinajstić information content (AvgIpc) is 3.10. The normalized spacial score (nSPS) is 10.7. The Bertz CT molecular complexity index is 2110. The van der Waals surface area contributed by atoms with Crippen LogP contribution in [0, 0.1) is 11.3 Å². The van der Waals surface area contributed by atoms with Crippen molar-refractivity contribution in [3.05, 3.63) is 126 Å². The number of nitriles is 1. The van der Waals surface area contributed by atoms with E-state index in [2.05, 4.69) is 16.4 Å². The molecule has 0 bridgehead atoms. The lowest BCUT2D eigenvalue weighted by Gasteiger charge is -2.13. The van der Waals surface area contributed by atoms with Crippen LogP contribution in [0.15, 0.2) is 120 Å². The van der Waals surface area contributed by atoms with Gasteiger partial charge in [-0.1, -0.05) is 84.6 Å². The van der Waals surface area contributed by atoms with Crippen LogP contribution in [0.3, 0.4) is 0 Å². The monoisotopic (exact) mass is 622 g/mol. The maximum absolute atomic E-state index is 13.1. The molecule has 8 nitrogen and oxygen atoms in total. The van der Waals surface area contributed by atoms with Gasteiger partial charge in [0.1, 0.15) is 16.8 Å². The van der Waals surface area contributed by atoms with Crippen molar-refractivity contribution in [2.75, 3.05) is 18.2 Å². The number of carbonyl (C=O) groups excluding carboxylic acids is 1. The number of pyridine rings is 2. The number of aromatic carboxylic acids is 1. The fraction of sp³-hybridized carbons (Fsp3) is 0.0541. The van der Waals surface area contributed by atoms with E-state index < -0.39 is 5.97 Å². The number of amides is 1. The minimum absolute atomic E-state index is 0.0257. The van der Waals surface area contributed by atoms with Gasteiger partial charge >= 0.3 is 5.97 Å².